The Bertz CT molecular complexity index is 463. The Kier molecular flexibility index (Phi) is 6.58. The summed E-state index contributed by atoms with van der Waals surface area (Å²) in [5.74, 6) is -0.794. The maximum atomic E-state index is 11.6. The number of carboxylic acids is 1. The van der Waals surface area contributed by atoms with Crippen LogP contribution in [0.2, 0.25) is 0 Å². The molecule has 0 saturated carbocycles. The Morgan fingerprint density at radius 3 is 2.67 bits per heavy atom. The van der Waals surface area contributed by atoms with Crippen molar-refractivity contribution < 1.29 is 14.7 Å². The van der Waals surface area contributed by atoms with Crippen LogP contribution >= 0.6 is 0 Å². The molecule has 0 aliphatic carbocycles. The maximum Gasteiger partial charge on any atom is 0.315 e. The number of aromatic nitrogens is 2. The Balaban J connectivity index is 2.19. The van der Waals surface area contributed by atoms with E-state index in [1.54, 1.807) is 18.3 Å². The van der Waals surface area contributed by atoms with Crippen LogP contribution in [0.5, 0.6) is 0 Å². The van der Waals surface area contributed by atoms with E-state index in [-0.39, 0.29) is 17.9 Å². The summed E-state index contributed by atoms with van der Waals surface area (Å²) >= 11 is 0. The van der Waals surface area contributed by atoms with Crippen LogP contribution < -0.4 is 10.6 Å². The summed E-state index contributed by atoms with van der Waals surface area (Å²) in [4.78, 5) is 22.2. The summed E-state index contributed by atoms with van der Waals surface area (Å²) in [7, 11) is 0. The second-order valence-corrected chi connectivity index (χ2v) is 5.63. The van der Waals surface area contributed by atoms with E-state index >= 15 is 0 Å². The molecule has 116 valence electrons. The van der Waals surface area contributed by atoms with Crippen LogP contribution in [-0.2, 0) is 11.3 Å². The van der Waals surface area contributed by atoms with E-state index in [9.17, 15) is 9.59 Å². The molecule has 0 aliphatic rings. The monoisotopic (exact) mass is 294 g/mol. The molecule has 0 bridgehead atoms. The van der Waals surface area contributed by atoms with Gasteiger partial charge in [0.2, 0.25) is 0 Å². The number of nitrogens with one attached hydrogen (secondary N) is 2. The van der Waals surface area contributed by atoms with Gasteiger partial charge in [-0.05, 0) is 30.4 Å². The Labute approximate surface area is 124 Å². The molecule has 0 aromatic carbocycles. The van der Waals surface area contributed by atoms with E-state index < -0.39 is 5.97 Å². The first kappa shape index (κ1) is 16.9. The summed E-state index contributed by atoms with van der Waals surface area (Å²) in [6.07, 6.45) is 3.03. The highest BCUT2D eigenvalue weighted by Gasteiger charge is 2.19. The van der Waals surface area contributed by atoms with Crippen LogP contribution in [0.1, 0.15) is 38.8 Å². The fraction of sp³-hybridized carbons (Fsp3) is 0.571. The van der Waals surface area contributed by atoms with Crippen LogP contribution in [0.25, 0.3) is 0 Å². The van der Waals surface area contributed by atoms with Gasteiger partial charge in [0.1, 0.15) is 0 Å². The van der Waals surface area contributed by atoms with Gasteiger partial charge < -0.3 is 15.7 Å². The van der Waals surface area contributed by atoms with E-state index in [1.807, 2.05) is 13.8 Å². The maximum absolute atomic E-state index is 11.6. The number of carboxylic acid groups (broad SMARTS) is 1. The predicted molar refractivity (Wildman–Crippen MR) is 77.5 cm³/mol. The molecule has 0 spiro atoms. The first-order valence-electron chi connectivity index (χ1n) is 6.89. The fourth-order valence-electron chi connectivity index (χ4n) is 1.75. The van der Waals surface area contributed by atoms with Crippen molar-refractivity contribution >= 4 is 12.0 Å². The number of rotatable bonds is 8. The lowest BCUT2D eigenvalue weighted by molar-refractivity contribution is -0.137. The lowest BCUT2D eigenvalue weighted by Crippen LogP contribution is -2.37. The third kappa shape index (κ3) is 7.86. The molecule has 0 aliphatic heterocycles. The molecule has 7 nitrogen and oxygen atoms in total. The zero-order valence-electron chi connectivity index (χ0n) is 12.4. The molecular formula is C14H22N4O3. The van der Waals surface area contributed by atoms with Crippen LogP contribution in [-0.4, -0.2) is 33.8 Å². The fourth-order valence-corrected chi connectivity index (χ4v) is 1.75. The number of aliphatic carboxylic acids is 1. The van der Waals surface area contributed by atoms with Crippen molar-refractivity contribution in [1.82, 2.24) is 20.8 Å². The number of carbonyl (C=O) groups excluding carboxylic acids is 1. The van der Waals surface area contributed by atoms with Gasteiger partial charge in [-0.1, -0.05) is 13.8 Å². The average Bonchev–Trinajstić information content (AvgIpc) is 2.44. The predicted octanol–water partition coefficient (Wildman–Crippen LogP) is 1.56. The second-order valence-electron chi connectivity index (χ2n) is 5.63. The number of amides is 2. The highest BCUT2D eigenvalue weighted by Crippen LogP contribution is 2.25. The third-order valence-corrected chi connectivity index (χ3v) is 3.16. The molecule has 7 heteroatoms. The van der Waals surface area contributed by atoms with E-state index in [4.69, 9.17) is 5.11 Å². The van der Waals surface area contributed by atoms with Gasteiger partial charge in [-0.2, -0.15) is 10.2 Å². The number of nitrogens with zero attached hydrogens (tertiary/aromatic N) is 2. The van der Waals surface area contributed by atoms with Gasteiger partial charge in [-0.3, -0.25) is 4.79 Å². The average molecular weight is 294 g/mol. The molecule has 1 heterocycles. The standard InChI is InChI=1S/C14H22N4O3/c1-14(2,6-5-12(19)20)7-9-15-13(21)16-10-11-4-3-8-17-18-11/h3-4,8H,5-7,9-10H2,1-2H3,(H,19,20)(H2,15,16,21). The van der Waals surface area contributed by atoms with Crippen molar-refractivity contribution in [3.8, 4) is 0 Å². The van der Waals surface area contributed by atoms with Crippen LogP contribution in [0.15, 0.2) is 18.3 Å². The summed E-state index contributed by atoms with van der Waals surface area (Å²) in [5.41, 5.74) is 0.575. The Morgan fingerprint density at radius 2 is 2.05 bits per heavy atom. The minimum Gasteiger partial charge on any atom is -0.481 e. The number of carbonyl (C=O) groups is 2. The van der Waals surface area contributed by atoms with E-state index in [0.717, 1.165) is 6.42 Å². The normalized spacial score (nSPS) is 11.0. The SMILES string of the molecule is CC(C)(CCNC(=O)NCc1cccnn1)CCC(=O)O. The molecule has 21 heavy (non-hydrogen) atoms. The van der Waals surface area contributed by atoms with E-state index in [2.05, 4.69) is 20.8 Å². The molecular weight excluding hydrogens is 272 g/mol. The molecule has 0 saturated heterocycles. The lowest BCUT2D eigenvalue weighted by Gasteiger charge is -2.23. The van der Waals surface area contributed by atoms with Gasteiger partial charge in [0, 0.05) is 19.2 Å². The summed E-state index contributed by atoms with van der Waals surface area (Å²) in [6, 6.07) is 3.27. The Morgan fingerprint density at radius 1 is 1.29 bits per heavy atom. The molecule has 1 aromatic rings. The molecule has 1 rings (SSSR count). The summed E-state index contributed by atoms with van der Waals surface area (Å²) in [6.45, 7) is 4.81. The van der Waals surface area contributed by atoms with Gasteiger partial charge >= 0.3 is 12.0 Å². The zero-order chi connectivity index (χ0) is 15.7. The lowest BCUT2D eigenvalue weighted by atomic mass is 9.84. The smallest absolute Gasteiger partial charge is 0.315 e. The second kappa shape index (κ2) is 8.18. The number of urea groups is 1. The van der Waals surface area contributed by atoms with Crippen LogP contribution in [0, 0.1) is 5.41 Å². The van der Waals surface area contributed by atoms with Gasteiger partial charge in [-0.25, -0.2) is 4.79 Å². The minimum atomic E-state index is -0.794. The van der Waals surface area contributed by atoms with Crippen molar-refractivity contribution in [2.24, 2.45) is 5.41 Å². The largest absolute Gasteiger partial charge is 0.481 e. The zero-order valence-corrected chi connectivity index (χ0v) is 12.4. The molecule has 0 unspecified atom stereocenters. The molecule has 0 atom stereocenters. The number of hydrogen-bond acceptors (Lipinski definition) is 4. The first-order chi connectivity index (χ1) is 9.89. The molecule has 0 radical (unpaired) electrons. The van der Waals surface area contributed by atoms with Crippen molar-refractivity contribution in [2.45, 2.75) is 39.7 Å². The van der Waals surface area contributed by atoms with Crippen LogP contribution in [0.4, 0.5) is 4.79 Å². The first-order valence-corrected chi connectivity index (χ1v) is 6.89. The summed E-state index contributed by atoms with van der Waals surface area (Å²) in [5, 5.41) is 21.7. The topological polar surface area (TPSA) is 104 Å². The van der Waals surface area contributed by atoms with Gasteiger partial charge in [-0.15, -0.1) is 0 Å². The Hall–Kier alpha value is -2.18. The van der Waals surface area contributed by atoms with Gasteiger partial charge in [0.15, 0.2) is 0 Å². The molecule has 3 N–H and O–H groups in total. The van der Waals surface area contributed by atoms with Gasteiger partial charge in [0.25, 0.3) is 0 Å². The highest BCUT2D eigenvalue weighted by molar-refractivity contribution is 5.73. The van der Waals surface area contributed by atoms with Crippen LogP contribution in [0.3, 0.4) is 0 Å². The van der Waals surface area contributed by atoms with Crippen molar-refractivity contribution in [1.29, 1.82) is 0 Å². The van der Waals surface area contributed by atoms with Crippen molar-refractivity contribution in [3.05, 3.63) is 24.0 Å². The molecule has 0 fully saturated rings. The highest BCUT2D eigenvalue weighted by atomic mass is 16.4. The molecule has 2 amide bonds. The number of hydrogen-bond donors (Lipinski definition) is 3. The summed E-state index contributed by atoms with van der Waals surface area (Å²) < 4.78 is 0. The van der Waals surface area contributed by atoms with Crippen molar-refractivity contribution in [2.75, 3.05) is 6.54 Å². The van der Waals surface area contributed by atoms with E-state index in [0.29, 0.717) is 25.2 Å². The van der Waals surface area contributed by atoms with E-state index in [1.165, 1.54) is 0 Å². The molecule has 1 aromatic heterocycles. The van der Waals surface area contributed by atoms with Gasteiger partial charge in [0.05, 0.1) is 12.2 Å². The minimum absolute atomic E-state index is 0.115. The third-order valence-electron chi connectivity index (χ3n) is 3.16. The van der Waals surface area contributed by atoms with Crippen molar-refractivity contribution in [3.63, 3.8) is 0 Å². The quantitative estimate of drug-likeness (QED) is 0.675.